The number of hydrogen-bond acceptors (Lipinski definition) is 3. The second kappa shape index (κ2) is 7.29. The Bertz CT molecular complexity index is 699. The molecule has 0 unspecified atom stereocenters. The number of carbonyl (C=O) groups is 2. The normalized spacial score (nSPS) is 10.1. The smallest absolute Gasteiger partial charge is 0.221 e. The maximum atomic E-state index is 12.0. The van der Waals surface area contributed by atoms with Gasteiger partial charge >= 0.3 is 0 Å². The molecule has 1 N–H and O–H groups in total. The van der Waals surface area contributed by atoms with E-state index >= 15 is 0 Å². The molecule has 2 aromatic carbocycles. The highest BCUT2D eigenvalue weighted by Gasteiger charge is 2.09. The molecule has 2 aromatic rings. The Morgan fingerprint density at radius 2 is 1.77 bits per heavy atom. The minimum Gasteiger partial charge on any atom is -0.484 e. The SMILES string of the molecule is CC(=O)Nc1ccc(C(=O)COc2ccc(Cl)cc2Cl)cc1. The molecule has 114 valence electrons. The van der Waals surface area contributed by atoms with Crippen LogP contribution in [-0.4, -0.2) is 18.3 Å². The molecule has 0 atom stereocenters. The number of Topliss-reactive ketones (excluding diaryl/α,β-unsaturated/α-hetero) is 1. The van der Waals surface area contributed by atoms with Crippen LogP contribution in [0.1, 0.15) is 17.3 Å². The van der Waals surface area contributed by atoms with Crippen molar-refractivity contribution in [1.82, 2.24) is 0 Å². The second-order valence-corrected chi connectivity index (χ2v) is 5.39. The Balaban J connectivity index is 1.98. The molecular formula is C16H13Cl2NO3. The lowest BCUT2D eigenvalue weighted by Gasteiger charge is -2.08. The molecule has 0 spiro atoms. The van der Waals surface area contributed by atoms with Gasteiger partial charge in [-0.2, -0.15) is 0 Å². The van der Waals surface area contributed by atoms with Crippen LogP contribution in [0.4, 0.5) is 5.69 Å². The van der Waals surface area contributed by atoms with Gasteiger partial charge in [0, 0.05) is 23.2 Å². The number of anilines is 1. The molecular weight excluding hydrogens is 325 g/mol. The van der Waals surface area contributed by atoms with Gasteiger partial charge in [0.2, 0.25) is 5.91 Å². The molecule has 2 rings (SSSR count). The summed E-state index contributed by atoms with van der Waals surface area (Å²) in [5.41, 5.74) is 1.12. The van der Waals surface area contributed by atoms with Gasteiger partial charge in [-0.3, -0.25) is 9.59 Å². The van der Waals surface area contributed by atoms with Crippen LogP contribution in [0.2, 0.25) is 10.0 Å². The first-order chi connectivity index (χ1) is 10.5. The predicted octanol–water partition coefficient (Wildman–Crippen LogP) is 4.21. The molecule has 0 aliphatic carbocycles. The van der Waals surface area contributed by atoms with E-state index in [1.165, 1.54) is 6.92 Å². The van der Waals surface area contributed by atoms with Crippen LogP contribution in [0.3, 0.4) is 0 Å². The molecule has 0 aliphatic rings. The minimum atomic E-state index is -0.194. The van der Waals surface area contributed by atoms with Crippen molar-refractivity contribution in [1.29, 1.82) is 0 Å². The van der Waals surface area contributed by atoms with Gasteiger partial charge in [0.1, 0.15) is 5.75 Å². The van der Waals surface area contributed by atoms with Crippen LogP contribution in [0.5, 0.6) is 5.75 Å². The average molecular weight is 338 g/mol. The number of carbonyl (C=O) groups excluding carboxylic acids is 2. The van der Waals surface area contributed by atoms with E-state index < -0.39 is 0 Å². The van der Waals surface area contributed by atoms with E-state index in [9.17, 15) is 9.59 Å². The zero-order valence-electron chi connectivity index (χ0n) is 11.7. The fraction of sp³-hybridized carbons (Fsp3) is 0.125. The zero-order valence-corrected chi connectivity index (χ0v) is 13.2. The highest BCUT2D eigenvalue weighted by atomic mass is 35.5. The van der Waals surface area contributed by atoms with E-state index in [-0.39, 0.29) is 18.3 Å². The number of amides is 1. The summed E-state index contributed by atoms with van der Waals surface area (Å²) in [7, 11) is 0. The minimum absolute atomic E-state index is 0.138. The molecule has 0 saturated carbocycles. The summed E-state index contributed by atoms with van der Waals surface area (Å²) in [5, 5.41) is 3.48. The Kier molecular flexibility index (Phi) is 5.41. The molecule has 6 heteroatoms. The van der Waals surface area contributed by atoms with Crippen molar-refractivity contribution in [3.63, 3.8) is 0 Å². The summed E-state index contributed by atoms with van der Waals surface area (Å²) < 4.78 is 5.39. The number of halogens is 2. The fourth-order valence-corrected chi connectivity index (χ4v) is 2.22. The average Bonchev–Trinajstić information content (AvgIpc) is 2.46. The summed E-state index contributed by atoms with van der Waals surface area (Å²) >= 11 is 11.8. The zero-order chi connectivity index (χ0) is 16.1. The van der Waals surface area contributed by atoms with Gasteiger partial charge < -0.3 is 10.1 Å². The monoisotopic (exact) mass is 337 g/mol. The lowest BCUT2D eigenvalue weighted by atomic mass is 10.1. The van der Waals surface area contributed by atoms with E-state index in [0.717, 1.165) is 0 Å². The van der Waals surface area contributed by atoms with Gasteiger partial charge in [0.05, 0.1) is 5.02 Å². The Labute approximate surface area is 138 Å². The van der Waals surface area contributed by atoms with E-state index in [4.69, 9.17) is 27.9 Å². The molecule has 0 aromatic heterocycles. The maximum Gasteiger partial charge on any atom is 0.221 e. The third-order valence-corrected chi connectivity index (χ3v) is 3.31. The summed E-state index contributed by atoms with van der Waals surface area (Å²) in [6, 6.07) is 11.4. The van der Waals surface area contributed by atoms with Crippen LogP contribution >= 0.6 is 23.2 Å². The lowest BCUT2D eigenvalue weighted by molar-refractivity contribution is -0.114. The largest absolute Gasteiger partial charge is 0.484 e. The molecule has 0 heterocycles. The molecule has 0 saturated heterocycles. The summed E-state index contributed by atoms with van der Waals surface area (Å²) in [6.45, 7) is 1.28. The van der Waals surface area contributed by atoms with Crippen LogP contribution in [0.15, 0.2) is 42.5 Å². The van der Waals surface area contributed by atoms with Crippen molar-refractivity contribution in [2.24, 2.45) is 0 Å². The Hall–Kier alpha value is -2.04. The topological polar surface area (TPSA) is 55.4 Å². The number of ether oxygens (including phenoxy) is 1. The van der Waals surface area contributed by atoms with Crippen LogP contribution < -0.4 is 10.1 Å². The van der Waals surface area contributed by atoms with Crippen molar-refractivity contribution in [2.75, 3.05) is 11.9 Å². The summed E-state index contributed by atoms with van der Waals surface area (Å²) in [6.07, 6.45) is 0. The molecule has 0 aliphatic heterocycles. The van der Waals surface area contributed by atoms with Crippen LogP contribution in [-0.2, 0) is 4.79 Å². The lowest BCUT2D eigenvalue weighted by Crippen LogP contribution is -2.12. The molecule has 0 radical (unpaired) electrons. The Morgan fingerprint density at radius 3 is 2.36 bits per heavy atom. The number of ketones is 1. The van der Waals surface area contributed by atoms with Crippen molar-refractivity contribution < 1.29 is 14.3 Å². The predicted molar refractivity (Wildman–Crippen MR) is 87.0 cm³/mol. The van der Waals surface area contributed by atoms with E-state index in [1.807, 2.05) is 0 Å². The van der Waals surface area contributed by atoms with E-state index in [2.05, 4.69) is 5.32 Å². The third-order valence-electron chi connectivity index (χ3n) is 2.78. The molecule has 4 nitrogen and oxygen atoms in total. The highest BCUT2D eigenvalue weighted by Crippen LogP contribution is 2.27. The Morgan fingerprint density at radius 1 is 1.09 bits per heavy atom. The summed E-state index contributed by atoms with van der Waals surface area (Å²) in [4.78, 5) is 23.0. The molecule has 0 bridgehead atoms. The van der Waals surface area contributed by atoms with Gasteiger partial charge in [-0.25, -0.2) is 0 Å². The summed E-state index contributed by atoms with van der Waals surface area (Å²) in [5.74, 6) is 0.0365. The van der Waals surface area contributed by atoms with Crippen molar-refractivity contribution in [2.45, 2.75) is 6.92 Å². The van der Waals surface area contributed by atoms with Gasteiger partial charge in [-0.1, -0.05) is 23.2 Å². The van der Waals surface area contributed by atoms with Gasteiger partial charge in [-0.05, 0) is 42.5 Å². The van der Waals surface area contributed by atoms with E-state index in [1.54, 1.807) is 42.5 Å². The van der Waals surface area contributed by atoms with Gasteiger partial charge in [-0.15, -0.1) is 0 Å². The van der Waals surface area contributed by atoms with Gasteiger partial charge in [0.25, 0.3) is 0 Å². The molecule has 1 amide bonds. The first-order valence-corrected chi connectivity index (χ1v) is 7.20. The number of rotatable bonds is 5. The first kappa shape index (κ1) is 16.3. The molecule has 22 heavy (non-hydrogen) atoms. The standard InChI is InChI=1S/C16H13Cl2NO3/c1-10(20)19-13-5-2-11(3-6-13)15(21)9-22-16-7-4-12(17)8-14(16)18/h2-8H,9H2,1H3,(H,19,20). The van der Waals surface area contributed by atoms with Crippen LogP contribution in [0.25, 0.3) is 0 Å². The first-order valence-electron chi connectivity index (χ1n) is 6.44. The van der Waals surface area contributed by atoms with E-state index in [0.29, 0.717) is 27.0 Å². The van der Waals surface area contributed by atoms with Crippen LogP contribution in [0, 0.1) is 0 Å². The fourth-order valence-electron chi connectivity index (χ4n) is 1.76. The number of hydrogen-bond donors (Lipinski definition) is 1. The third kappa shape index (κ3) is 4.48. The number of nitrogens with one attached hydrogen (secondary N) is 1. The second-order valence-electron chi connectivity index (χ2n) is 4.55. The highest BCUT2D eigenvalue weighted by molar-refractivity contribution is 6.35. The molecule has 0 fully saturated rings. The van der Waals surface area contributed by atoms with Crippen molar-refractivity contribution in [3.05, 3.63) is 58.1 Å². The van der Waals surface area contributed by atoms with Gasteiger partial charge in [0.15, 0.2) is 12.4 Å². The maximum absolute atomic E-state index is 12.0. The van der Waals surface area contributed by atoms with Crippen molar-refractivity contribution >= 4 is 40.6 Å². The quantitative estimate of drug-likeness (QED) is 0.831. The van der Waals surface area contributed by atoms with Crippen molar-refractivity contribution in [3.8, 4) is 5.75 Å². The number of benzene rings is 2.